The summed E-state index contributed by atoms with van der Waals surface area (Å²) in [5.41, 5.74) is 6.73. The maximum Gasteiger partial charge on any atom is 0.223 e. The van der Waals surface area contributed by atoms with E-state index in [-0.39, 0.29) is 5.91 Å². The van der Waals surface area contributed by atoms with Crippen molar-refractivity contribution in [3.63, 3.8) is 0 Å². The summed E-state index contributed by atoms with van der Waals surface area (Å²) < 4.78 is 2.51. The summed E-state index contributed by atoms with van der Waals surface area (Å²) in [7, 11) is 0. The van der Waals surface area contributed by atoms with Crippen LogP contribution in [0.5, 0.6) is 0 Å². The Balaban J connectivity index is 1.57. The lowest BCUT2D eigenvalue weighted by Crippen LogP contribution is -2.36. The van der Waals surface area contributed by atoms with Crippen molar-refractivity contribution in [1.82, 2.24) is 9.47 Å². The number of aryl methyl sites for hydroxylation is 3. The highest BCUT2D eigenvalue weighted by atomic mass is 16.2. The van der Waals surface area contributed by atoms with E-state index in [1.165, 1.54) is 33.3 Å². The normalized spacial score (nSPS) is 13.8. The van der Waals surface area contributed by atoms with Gasteiger partial charge in [-0.2, -0.15) is 0 Å². The molecule has 1 aromatic heterocycles. The molecule has 3 aromatic rings. The van der Waals surface area contributed by atoms with Gasteiger partial charge in [0.25, 0.3) is 0 Å². The maximum atomic E-state index is 12.8. The molecule has 4 rings (SSSR count). The predicted molar refractivity (Wildman–Crippen MR) is 111 cm³/mol. The highest BCUT2D eigenvalue weighted by molar-refractivity contribution is 5.89. The van der Waals surface area contributed by atoms with Crippen molar-refractivity contribution in [3.05, 3.63) is 70.9 Å². The molecule has 0 atom stereocenters. The van der Waals surface area contributed by atoms with Gasteiger partial charge in [0.1, 0.15) is 0 Å². The molecule has 27 heavy (non-hydrogen) atoms. The van der Waals surface area contributed by atoms with Gasteiger partial charge in [-0.15, -0.1) is 0 Å². The van der Waals surface area contributed by atoms with Crippen molar-refractivity contribution >= 4 is 16.8 Å². The summed E-state index contributed by atoms with van der Waals surface area (Å²) in [6, 6.07) is 16.9. The van der Waals surface area contributed by atoms with Crippen LogP contribution in [0, 0.1) is 6.92 Å². The molecule has 1 amide bonds. The topological polar surface area (TPSA) is 25.2 Å². The molecule has 0 bridgehead atoms. The van der Waals surface area contributed by atoms with Crippen LogP contribution < -0.4 is 0 Å². The van der Waals surface area contributed by atoms with E-state index < -0.39 is 0 Å². The standard InChI is InChI=1S/C24H28N2O/c1-3-15-26-22-14-16-25(23(27)13-12-19-9-5-4-6-10-19)17-21(22)20-11-7-8-18(2)24(20)26/h4-11H,3,12-17H2,1-2H3. The van der Waals surface area contributed by atoms with Crippen LogP contribution in [0.3, 0.4) is 0 Å². The van der Waals surface area contributed by atoms with E-state index in [1.54, 1.807) is 0 Å². The van der Waals surface area contributed by atoms with Gasteiger partial charge in [0.2, 0.25) is 5.91 Å². The summed E-state index contributed by atoms with van der Waals surface area (Å²) in [6.45, 7) is 7.07. The fourth-order valence-electron chi connectivity index (χ4n) is 4.42. The van der Waals surface area contributed by atoms with Crippen LogP contribution in [0.1, 0.15) is 42.1 Å². The van der Waals surface area contributed by atoms with E-state index in [2.05, 4.69) is 53.6 Å². The lowest BCUT2D eigenvalue weighted by molar-refractivity contribution is -0.132. The second-order valence-corrected chi connectivity index (χ2v) is 7.60. The van der Waals surface area contributed by atoms with Crippen molar-refractivity contribution in [3.8, 4) is 0 Å². The number of para-hydroxylation sites is 1. The highest BCUT2D eigenvalue weighted by Crippen LogP contribution is 2.33. The smallest absolute Gasteiger partial charge is 0.223 e. The molecular weight excluding hydrogens is 332 g/mol. The molecule has 2 aromatic carbocycles. The van der Waals surface area contributed by atoms with Crippen LogP contribution in [0.25, 0.3) is 10.9 Å². The molecule has 0 fully saturated rings. The Labute approximate surface area is 161 Å². The number of fused-ring (bicyclic) bond motifs is 3. The van der Waals surface area contributed by atoms with Crippen molar-refractivity contribution in [2.75, 3.05) is 6.54 Å². The van der Waals surface area contributed by atoms with Crippen LogP contribution in [-0.4, -0.2) is 21.9 Å². The average Bonchev–Trinajstić information content (AvgIpc) is 3.02. The number of rotatable bonds is 5. The van der Waals surface area contributed by atoms with Gasteiger partial charge in [0.15, 0.2) is 0 Å². The van der Waals surface area contributed by atoms with Crippen LogP contribution >= 0.6 is 0 Å². The number of hydrogen-bond donors (Lipinski definition) is 0. The first-order valence-electron chi connectivity index (χ1n) is 10.1. The zero-order valence-corrected chi connectivity index (χ0v) is 16.4. The van der Waals surface area contributed by atoms with E-state index >= 15 is 0 Å². The van der Waals surface area contributed by atoms with Gasteiger partial charge in [0.05, 0.1) is 5.52 Å². The van der Waals surface area contributed by atoms with Crippen molar-refractivity contribution in [2.24, 2.45) is 0 Å². The lowest BCUT2D eigenvalue weighted by atomic mass is 10.0. The highest BCUT2D eigenvalue weighted by Gasteiger charge is 2.26. The fourth-order valence-corrected chi connectivity index (χ4v) is 4.42. The zero-order valence-electron chi connectivity index (χ0n) is 16.4. The Hall–Kier alpha value is -2.55. The van der Waals surface area contributed by atoms with E-state index in [0.717, 1.165) is 38.9 Å². The quantitative estimate of drug-likeness (QED) is 0.637. The average molecular weight is 361 g/mol. The molecule has 0 N–H and O–H groups in total. The Morgan fingerprint density at radius 1 is 1.07 bits per heavy atom. The zero-order chi connectivity index (χ0) is 18.8. The number of aromatic nitrogens is 1. The van der Waals surface area contributed by atoms with Gasteiger partial charge < -0.3 is 9.47 Å². The fraction of sp³-hybridized carbons (Fsp3) is 0.375. The number of hydrogen-bond acceptors (Lipinski definition) is 1. The van der Waals surface area contributed by atoms with Crippen molar-refractivity contribution in [1.29, 1.82) is 0 Å². The first kappa shape index (κ1) is 17.8. The second kappa shape index (κ2) is 7.59. The maximum absolute atomic E-state index is 12.8. The number of nitrogens with zero attached hydrogens (tertiary/aromatic N) is 2. The lowest BCUT2D eigenvalue weighted by Gasteiger charge is -2.28. The largest absolute Gasteiger partial charge is 0.344 e. The number of carbonyl (C=O) groups excluding carboxylic acids is 1. The molecule has 1 aliphatic heterocycles. The summed E-state index contributed by atoms with van der Waals surface area (Å²) in [5, 5.41) is 1.33. The van der Waals surface area contributed by atoms with Gasteiger partial charge in [0, 0.05) is 49.1 Å². The van der Waals surface area contributed by atoms with E-state index in [1.807, 2.05) is 18.2 Å². The minimum Gasteiger partial charge on any atom is -0.344 e. The molecule has 0 saturated heterocycles. The third kappa shape index (κ3) is 3.39. The molecule has 1 aliphatic rings. The Morgan fingerprint density at radius 2 is 1.89 bits per heavy atom. The molecule has 3 heteroatoms. The third-order valence-electron chi connectivity index (χ3n) is 5.74. The van der Waals surface area contributed by atoms with Gasteiger partial charge in [-0.1, -0.05) is 55.5 Å². The van der Waals surface area contributed by atoms with Crippen LogP contribution in [0.4, 0.5) is 0 Å². The first-order chi connectivity index (χ1) is 13.2. The molecule has 0 radical (unpaired) electrons. The van der Waals surface area contributed by atoms with E-state index in [0.29, 0.717) is 6.42 Å². The number of amides is 1. The summed E-state index contributed by atoms with van der Waals surface area (Å²) in [6.07, 6.45) is 3.50. The minimum atomic E-state index is 0.272. The van der Waals surface area contributed by atoms with Crippen LogP contribution in [0.15, 0.2) is 48.5 Å². The van der Waals surface area contributed by atoms with Gasteiger partial charge >= 0.3 is 0 Å². The van der Waals surface area contributed by atoms with Crippen LogP contribution in [0.2, 0.25) is 0 Å². The van der Waals surface area contributed by atoms with Gasteiger partial charge in [-0.25, -0.2) is 0 Å². The molecule has 0 spiro atoms. The monoisotopic (exact) mass is 360 g/mol. The Morgan fingerprint density at radius 3 is 2.67 bits per heavy atom. The molecule has 2 heterocycles. The van der Waals surface area contributed by atoms with Crippen LogP contribution in [-0.2, 0) is 30.7 Å². The summed E-state index contributed by atoms with van der Waals surface area (Å²) in [5.74, 6) is 0.272. The van der Waals surface area contributed by atoms with Gasteiger partial charge in [-0.05, 0) is 30.9 Å². The first-order valence-corrected chi connectivity index (χ1v) is 10.1. The molecule has 0 aliphatic carbocycles. The summed E-state index contributed by atoms with van der Waals surface area (Å²) >= 11 is 0. The minimum absolute atomic E-state index is 0.272. The molecule has 3 nitrogen and oxygen atoms in total. The number of carbonyl (C=O) groups is 1. The summed E-state index contributed by atoms with van der Waals surface area (Å²) in [4.78, 5) is 14.9. The predicted octanol–water partition coefficient (Wildman–Crippen LogP) is 4.88. The molecule has 0 saturated carbocycles. The van der Waals surface area contributed by atoms with Gasteiger partial charge in [-0.3, -0.25) is 4.79 Å². The van der Waals surface area contributed by atoms with Crippen molar-refractivity contribution in [2.45, 2.75) is 52.6 Å². The van der Waals surface area contributed by atoms with E-state index in [4.69, 9.17) is 0 Å². The molecular formula is C24H28N2O. The number of benzene rings is 2. The second-order valence-electron chi connectivity index (χ2n) is 7.60. The van der Waals surface area contributed by atoms with E-state index in [9.17, 15) is 4.79 Å². The SMILES string of the molecule is CCCn1c2c(c3cccc(C)c31)CN(C(=O)CCc1ccccc1)CC2. The Bertz CT molecular complexity index is 955. The van der Waals surface area contributed by atoms with Crippen molar-refractivity contribution < 1.29 is 4.79 Å². The third-order valence-corrected chi connectivity index (χ3v) is 5.74. The molecule has 0 unspecified atom stereocenters. The molecule has 140 valence electrons. The Kier molecular flexibility index (Phi) is 5.02.